The van der Waals surface area contributed by atoms with E-state index in [0.717, 1.165) is 25.3 Å². The lowest BCUT2D eigenvalue weighted by atomic mass is 9.87. The highest BCUT2D eigenvalue weighted by molar-refractivity contribution is 6.31. The van der Waals surface area contributed by atoms with E-state index < -0.39 is 0 Å². The van der Waals surface area contributed by atoms with Crippen molar-refractivity contribution in [3.05, 3.63) is 34.6 Å². The third-order valence-corrected chi connectivity index (χ3v) is 4.72. The first-order valence-electron chi connectivity index (χ1n) is 6.96. The van der Waals surface area contributed by atoms with Gasteiger partial charge in [-0.05, 0) is 25.0 Å². The van der Waals surface area contributed by atoms with Gasteiger partial charge in [0.25, 0.3) is 0 Å². The molecule has 104 valence electrons. The van der Waals surface area contributed by atoms with E-state index in [1.165, 1.54) is 37.8 Å². The Kier molecular flexibility index (Phi) is 3.79. The van der Waals surface area contributed by atoms with Gasteiger partial charge in [-0.25, -0.2) is 4.39 Å². The molecule has 1 aliphatic heterocycles. The molecule has 1 saturated heterocycles. The lowest BCUT2D eigenvalue weighted by Crippen LogP contribution is -2.32. The van der Waals surface area contributed by atoms with Crippen molar-refractivity contribution in [3.8, 4) is 0 Å². The highest BCUT2D eigenvalue weighted by Gasteiger charge is 2.37. The van der Waals surface area contributed by atoms with Gasteiger partial charge in [0.15, 0.2) is 0 Å². The average molecular weight is 284 g/mol. The SMILES string of the molecule is Fc1ccc(C2CNCC3(CCCC3)CO2)c(Cl)c1. The lowest BCUT2D eigenvalue weighted by molar-refractivity contribution is 0.0158. The fourth-order valence-electron chi connectivity index (χ4n) is 3.26. The van der Waals surface area contributed by atoms with Gasteiger partial charge < -0.3 is 10.1 Å². The molecule has 1 aromatic carbocycles. The number of rotatable bonds is 1. The van der Waals surface area contributed by atoms with Crippen LogP contribution in [0.2, 0.25) is 5.02 Å². The minimum atomic E-state index is -0.303. The number of hydrogen-bond acceptors (Lipinski definition) is 2. The zero-order chi connectivity index (χ0) is 13.3. The van der Waals surface area contributed by atoms with Crippen LogP contribution >= 0.6 is 11.6 Å². The second-order valence-electron chi connectivity index (χ2n) is 5.80. The fraction of sp³-hybridized carbons (Fsp3) is 0.600. The van der Waals surface area contributed by atoms with Crippen LogP contribution in [-0.4, -0.2) is 19.7 Å². The minimum absolute atomic E-state index is 0.0759. The van der Waals surface area contributed by atoms with Crippen molar-refractivity contribution in [2.24, 2.45) is 5.41 Å². The van der Waals surface area contributed by atoms with E-state index >= 15 is 0 Å². The number of nitrogens with one attached hydrogen (secondary N) is 1. The first kappa shape index (κ1) is 13.3. The van der Waals surface area contributed by atoms with Gasteiger partial charge in [0.1, 0.15) is 5.82 Å². The van der Waals surface area contributed by atoms with Gasteiger partial charge in [-0.2, -0.15) is 0 Å². The van der Waals surface area contributed by atoms with Crippen molar-refractivity contribution in [3.63, 3.8) is 0 Å². The third-order valence-electron chi connectivity index (χ3n) is 4.39. The summed E-state index contributed by atoms with van der Waals surface area (Å²) in [6, 6.07) is 4.54. The van der Waals surface area contributed by atoms with Crippen LogP contribution in [0.5, 0.6) is 0 Å². The summed E-state index contributed by atoms with van der Waals surface area (Å²) < 4.78 is 19.2. The van der Waals surface area contributed by atoms with Gasteiger partial charge in [0.05, 0.1) is 12.7 Å². The second-order valence-corrected chi connectivity index (χ2v) is 6.21. The molecular formula is C15H19ClFNO. The molecule has 2 fully saturated rings. The molecule has 19 heavy (non-hydrogen) atoms. The number of ether oxygens (including phenoxy) is 1. The van der Waals surface area contributed by atoms with Gasteiger partial charge in [0, 0.05) is 29.1 Å². The number of halogens is 2. The van der Waals surface area contributed by atoms with Crippen LogP contribution in [0.1, 0.15) is 37.4 Å². The Morgan fingerprint density at radius 1 is 1.32 bits per heavy atom. The lowest BCUT2D eigenvalue weighted by Gasteiger charge is -2.26. The molecule has 4 heteroatoms. The summed E-state index contributed by atoms with van der Waals surface area (Å²) in [5, 5.41) is 3.95. The normalized spacial score (nSPS) is 26.5. The van der Waals surface area contributed by atoms with E-state index in [0.29, 0.717) is 10.4 Å². The molecule has 3 rings (SSSR count). The van der Waals surface area contributed by atoms with Crippen LogP contribution in [0.15, 0.2) is 18.2 Å². The van der Waals surface area contributed by atoms with E-state index in [1.807, 2.05) is 0 Å². The van der Waals surface area contributed by atoms with Gasteiger partial charge in [-0.1, -0.05) is 30.5 Å². The monoisotopic (exact) mass is 283 g/mol. The van der Waals surface area contributed by atoms with Crippen LogP contribution in [-0.2, 0) is 4.74 Å². The highest BCUT2D eigenvalue weighted by Crippen LogP contribution is 2.40. The second kappa shape index (κ2) is 5.39. The summed E-state index contributed by atoms with van der Waals surface area (Å²) in [7, 11) is 0. The Balaban J connectivity index is 1.75. The largest absolute Gasteiger partial charge is 0.372 e. The summed E-state index contributed by atoms with van der Waals surface area (Å²) >= 11 is 6.12. The molecule has 1 spiro atoms. The van der Waals surface area contributed by atoms with Crippen molar-refractivity contribution in [1.29, 1.82) is 0 Å². The minimum Gasteiger partial charge on any atom is -0.372 e. The van der Waals surface area contributed by atoms with E-state index in [4.69, 9.17) is 16.3 Å². The molecule has 1 aromatic rings. The molecular weight excluding hydrogens is 265 g/mol. The predicted octanol–water partition coefficient (Wildman–Crippen LogP) is 3.70. The molecule has 1 saturated carbocycles. The van der Waals surface area contributed by atoms with E-state index in [1.54, 1.807) is 6.07 Å². The van der Waals surface area contributed by atoms with E-state index in [9.17, 15) is 4.39 Å². The van der Waals surface area contributed by atoms with Crippen molar-refractivity contribution < 1.29 is 9.13 Å². The highest BCUT2D eigenvalue weighted by atomic mass is 35.5. The van der Waals surface area contributed by atoms with Gasteiger partial charge in [0.2, 0.25) is 0 Å². The summed E-state index contributed by atoms with van der Waals surface area (Å²) in [5.74, 6) is -0.303. The Morgan fingerprint density at radius 3 is 2.84 bits per heavy atom. The predicted molar refractivity (Wildman–Crippen MR) is 73.9 cm³/mol. The zero-order valence-electron chi connectivity index (χ0n) is 10.9. The molecule has 1 N–H and O–H groups in total. The molecule has 0 radical (unpaired) electrons. The maximum absolute atomic E-state index is 13.1. The van der Waals surface area contributed by atoms with Crippen LogP contribution in [0.4, 0.5) is 4.39 Å². The molecule has 1 unspecified atom stereocenters. The first-order valence-corrected chi connectivity index (χ1v) is 7.34. The van der Waals surface area contributed by atoms with Crippen molar-refractivity contribution in [2.75, 3.05) is 19.7 Å². The molecule has 0 bridgehead atoms. The Labute approximate surface area is 118 Å². The van der Waals surface area contributed by atoms with Crippen molar-refractivity contribution >= 4 is 11.6 Å². The van der Waals surface area contributed by atoms with Crippen molar-refractivity contribution in [1.82, 2.24) is 5.32 Å². The number of hydrogen-bond donors (Lipinski definition) is 1. The standard InChI is InChI=1S/C15H19ClFNO/c16-13-7-11(17)3-4-12(13)14-8-18-9-15(10-19-14)5-1-2-6-15/h3-4,7,14,18H,1-2,5-6,8-10H2. The smallest absolute Gasteiger partial charge is 0.124 e. The van der Waals surface area contributed by atoms with Gasteiger partial charge in [-0.3, -0.25) is 0 Å². The van der Waals surface area contributed by atoms with Crippen LogP contribution < -0.4 is 5.32 Å². The molecule has 1 atom stereocenters. The average Bonchev–Trinajstić information content (AvgIpc) is 2.73. The molecule has 1 aliphatic carbocycles. The van der Waals surface area contributed by atoms with E-state index in [-0.39, 0.29) is 11.9 Å². The number of benzene rings is 1. The maximum Gasteiger partial charge on any atom is 0.124 e. The molecule has 2 aliphatic rings. The Bertz CT molecular complexity index is 459. The summed E-state index contributed by atoms with van der Waals surface area (Å²) in [6.45, 7) is 2.54. The van der Waals surface area contributed by atoms with Crippen LogP contribution in [0, 0.1) is 11.2 Å². The quantitative estimate of drug-likeness (QED) is 0.848. The maximum atomic E-state index is 13.1. The first-order chi connectivity index (χ1) is 9.19. The Morgan fingerprint density at radius 2 is 2.11 bits per heavy atom. The third kappa shape index (κ3) is 2.78. The Hall–Kier alpha value is -0.640. The summed E-state index contributed by atoms with van der Waals surface area (Å²) in [6.07, 6.45) is 5.00. The molecule has 1 heterocycles. The topological polar surface area (TPSA) is 21.3 Å². The summed E-state index contributed by atoms with van der Waals surface area (Å²) in [4.78, 5) is 0. The zero-order valence-corrected chi connectivity index (χ0v) is 11.7. The molecule has 2 nitrogen and oxygen atoms in total. The van der Waals surface area contributed by atoms with E-state index in [2.05, 4.69) is 5.32 Å². The van der Waals surface area contributed by atoms with Gasteiger partial charge >= 0.3 is 0 Å². The molecule has 0 aromatic heterocycles. The molecule has 0 amide bonds. The van der Waals surface area contributed by atoms with Crippen molar-refractivity contribution in [2.45, 2.75) is 31.8 Å². The van der Waals surface area contributed by atoms with Crippen LogP contribution in [0.3, 0.4) is 0 Å². The van der Waals surface area contributed by atoms with Gasteiger partial charge in [-0.15, -0.1) is 0 Å². The van der Waals surface area contributed by atoms with Crippen LogP contribution in [0.25, 0.3) is 0 Å². The summed E-state index contributed by atoms with van der Waals surface area (Å²) in [5.41, 5.74) is 1.19. The fourth-order valence-corrected chi connectivity index (χ4v) is 3.55.